The van der Waals surface area contributed by atoms with Crippen molar-refractivity contribution in [3.63, 3.8) is 0 Å². The number of amides is 1. The molecule has 37 heavy (non-hydrogen) atoms. The minimum absolute atomic E-state index is 0.143. The number of rotatable bonds is 11. The Hall–Kier alpha value is -2.92. The topological polar surface area (TPSA) is 98.6 Å². The highest BCUT2D eigenvalue weighted by molar-refractivity contribution is 7.99. The van der Waals surface area contributed by atoms with Gasteiger partial charge in [-0.2, -0.15) is 0 Å². The molecule has 3 aromatic rings. The van der Waals surface area contributed by atoms with E-state index in [0.717, 1.165) is 37.4 Å². The summed E-state index contributed by atoms with van der Waals surface area (Å²) in [6.07, 6.45) is 1.79. The van der Waals surface area contributed by atoms with Gasteiger partial charge in [0.25, 0.3) is 0 Å². The lowest BCUT2D eigenvalue weighted by molar-refractivity contribution is -0.113. The molecule has 0 atom stereocenters. The SMILES string of the molecule is CCCCOC(=O)c1ccc(NC(=O)CSc2nnc(CN3CCOCC3)n2-c2ccc(Cl)cc2)cc1. The monoisotopic (exact) mass is 543 g/mol. The third-order valence-electron chi connectivity index (χ3n) is 5.72. The molecule has 1 N–H and O–H groups in total. The van der Waals surface area contributed by atoms with Crippen LogP contribution in [0.3, 0.4) is 0 Å². The highest BCUT2D eigenvalue weighted by atomic mass is 35.5. The number of morpholine rings is 1. The number of unbranched alkanes of at least 4 members (excludes halogenated alkanes) is 1. The van der Waals surface area contributed by atoms with Crippen molar-refractivity contribution >= 4 is 40.9 Å². The van der Waals surface area contributed by atoms with Crippen molar-refractivity contribution in [3.05, 3.63) is 64.9 Å². The molecular formula is C26H30ClN5O4S. The summed E-state index contributed by atoms with van der Waals surface area (Å²) in [7, 11) is 0. The fraction of sp³-hybridized carbons (Fsp3) is 0.385. The first-order valence-corrected chi connectivity index (χ1v) is 13.6. The van der Waals surface area contributed by atoms with E-state index in [0.29, 0.717) is 47.8 Å². The van der Waals surface area contributed by atoms with Gasteiger partial charge in [-0.05, 0) is 55.0 Å². The quantitative estimate of drug-likeness (QED) is 0.215. The van der Waals surface area contributed by atoms with E-state index in [9.17, 15) is 9.59 Å². The maximum atomic E-state index is 12.7. The van der Waals surface area contributed by atoms with Crippen molar-refractivity contribution in [2.45, 2.75) is 31.5 Å². The number of thioether (sulfide) groups is 1. The molecule has 1 saturated heterocycles. The molecule has 1 aromatic heterocycles. The van der Waals surface area contributed by atoms with Crippen molar-refractivity contribution in [3.8, 4) is 5.69 Å². The van der Waals surface area contributed by atoms with E-state index in [2.05, 4.69) is 20.4 Å². The smallest absolute Gasteiger partial charge is 0.338 e. The normalized spacial score (nSPS) is 13.9. The molecule has 0 aliphatic carbocycles. The maximum absolute atomic E-state index is 12.7. The number of hydrogen-bond donors (Lipinski definition) is 1. The van der Waals surface area contributed by atoms with Crippen LogP contribution >= 0.6 is 23.4 Å². The summed E-state index contributed by atoms with van der Waals surface area (Å²) in [6, 6.07) is 14.1. The van der Waals surface area contributed by atoms with Crippen LogP contribution in [0.25, 0.3) is 5.69 Å². The molecule has 0 unspecified atom stereocenters. The van der Waals surface area contributed by atoms with E-state index in [4.69, 9.17) is 21.1 Å². The molecule has 1 aliphatic rings. The standard InChI is InChI=1S/C26H30ClN5O4S/c1-2-3-14-36-25(34)19-4-8-21(9-5-19)28-24(33)18-37-26-30-29-23(17-31-12-15-35-16-13-31)32(26)22-10-6-20(27)7-11-22/h4-11H,2-3,12-18H2,1H3,(H,28,33). The van der Waals surface area contributed by atoms with Gasteiger partial charge >= 0.3 is 5.97 Å². The second-order valence-corrected chi connectivity index (χ2v) is 9.88. The number of benzene rings is 2. The number of nitrogens with one attached hydrogen (secondary N) is 1. The number of hydrogen-bond acceptors (Lipinski definition) is 8. The molecule has 0 bridgehead atoms. The molecule has 1 aliphatic heterocycles. The van der Waals surface area contributed by atoms with E-state index in [-0.39, 0.29) is 17.6 Å². The van der Waals surface area contributed by atoms with Crippen LogP contribution in [0.15, 0.2) is 53.7 Å². The van der Waals surface area contributed by atoms with Crippen molar-refractivity contribution in [2.75, 3.05) is 44.0 Å². The number of nitrogens with zero attached hydrogens (tertiary/aromatic N) is 4. The van der Waals surface area contributed by atoms with Gasteiger partial charge in [0, 0.05) is 29.5 Å². The molecule has 0 spiro atoms. The van der Waals surface area contributed by atoms with Crippen LogP contribution in [-0.2, 0) is 20.8 Å². The average molecular weight is 544 g/mol. The molecule has 4 rings (SSSR count). The molecule has 196 valence electrons. The van der Waals surface area contributed by atoms with Crippen LogP contribution < -0.4 is 5.32 Å². The molecule has 1 fully saturated rings. The van der Waals surface area contributed by atoms with Crippen LogP contribution in [0.4, 0.5) is 5.69 Å². The van der Waals surface area contributed by atoms with E-state index in [1.807, 2.05) is 35.8 Å². The van der Waals surface area contributed by atoms with E-state index >= 15 is 0 Å². The molecule has 2 heterocycles. The number of carbonyl (C=O) groups is 2. The first-order chi connectivity index (χ1) is 18.0. The van der Waals surface area contributed by atoms with Crippen molar-refractivity contribution in [2.24, 2.45) is 0 Å². The minimum atomic E-state index is -0.365. The van der Waals surface area contributed by atoms with Crippen LogP contribution in [-0.4, -0.2) is 70.2 Å². The number of anilines is 1. The van der Waals surface area contributed by atoms with Crippen LogP contribution in [0.1, 0.15) is 35.9 Å². The maximum Gasteiger partial charge on any atom is 0.338 e. The Balaban J connectivity index is 1.39. The number of aromatic nitrogens is 3. The van der Waals surface area contributed by atoms with Gasteiger partial charge in [-0.3, -0.25) is 14.3 Å². The van der Waals surface area contributed by atoms with Gasteiger partial charge in [-0.25, -0.2) is 4.79 Å². The number of ether oxygens (including phenoxy) is 2. The first kappa shape index (κ1) is 27.1. The van der Waals surface area contributed by atoms with E-state index < -0.39 is 0 Å². The molecular weight excluding hydrogens is 514 g/mol. The molecule has 9 nitrogen and oxygen atoms in total. The lowest BCUT2D eigenvalue weighted by atomic mass is 10.2. The summed E-state index contributed by atoms with van der Waals surface area (Å²) in [6.45, 7) is 6.10. The Morgan fingerprint density at radius 3 is 2.51 bits per heavy atom. The number of esters is 1. The van der Waals surface area contributed by atoms with Crippen LogP contribution in [0.5, 0.6) is 0 Å². The molecule has 1 amide bonds. The van der Waals surface area contributed by atoms with E-state index in [1.54, 1.807) is 24.3 Å². The van der Waals surface area contributed by atoms with Crippen LogP contribution in [0.2, 0.25) is 5.02 Å². The lowest BCUT2D eigenvalue weighted by Gasteiger charge is -2.26. The molecule has 0 radical (unpaired) electrons. The lowest BCUT2D eigenvalue weighted by Crippen LogP contribution is -2.36. The molecule has 0 saturated carbocycles. The summed E-state index contributed by atoms with van der Waals surface area (Å²) in [5.41, 5.74) is 1.93. The van der Waals surface area contributed by atoms with Crippen molar-refractivity contribution in [1.82, 2.24) is 19.7 Å². The summed E-state index contributed by atoms with van der Waals surface area (Å²) >= 11 is 7.40. The van der Waals surface area contributed by atoms with Gasteiger partial charge in [-0.1, -0.05) is 36.7 Å². The highest BCUT2D eigenvalue weighted by Gasteiger charge is 2.20. The fourth-order valence-electron chi connectivity index (χ4n) is 3.71. The van der Waals surface area contributed by atoms with E-state index in [1.165, 1.54) is 11.8 Å². The Kier molecular flexibility index (Phi) is 9.95. The zero-order chi connectivity index (χ0) is 26.0. The Bertz CT molecular complexity index is 1180. The van der Waals surface area contributed by atoms with Gasteiger partial charge in [0.15, 0.2) is 11.0 Å². The van der Waals surface area contributed by atoms with Crippen molar-refractivity contribution in [1.29, 1.82) is 0 Å². The summed E-state index contributed by atoms with van der Waals surface area (Å²) < 4.78 is 12.6. The fourth-order valence-corrected chi connectivity index (χ4v) is 4.61. The second kappa shape index (κ2) is 13.6. The predicted octanol–water partition coefficient (Wildman–Crippen LogP) is 4.44. The Morgan fingerprint density at radius 2 is 1.81 bits per heavy atom. The first-order valence-electron chi connectivity index (χ1n) is 12.2. The van der Waals surface area contributed by atoms with Gasteiger partial charge in [0.05, 0.1) is 37.7 Å². The largest absolute Gasteiger partial charge is 0.462 e. The second-order valence-electron chi connectivity index (χ2n) is 8.50. The third kappa shape index (κ3) is 7.78. The summed E-state index contributed by atoms with van der Waals surface area (Å²) in [5, 5.41) is 12.9. The minimum Gasteiger partial charge on any atom is -0.462 e. The summed E-state index contributed by atoms with van der Waals surface area (Å²) in [4.78, 5) is 27.0. The zero-order valence-corrected chi connectivity index (χ0v) is 22.3. The Labute approximate surface area is 225 Å². The Morgan fingerprint density at radius 1 is 1.08 bits per heavy atom. The highest BCUT2D eigenvalue weighted by Crippen LogP contribution is 2.24. The zero-order valence-electron chi connectivity index (χ0n) is 20.7. The van der Waals surface area contributed by atoms with Gasteiger partial charge in [-0.15, -0.1) is 10.2 Å². The van der Waals surface area contributed by atoms with Crippen LogP contribution in [0, 0.1) is 0 Å². The van der Waals surface area contributed by atoms with Gasteiger partial charge in [0.1, 0.15) is 0 Å². The average Bonchev–Trinajstić information content (AvgIpc) is 3.31. The molecule has 2 aromatic carbocycles. The third-order valence-corrected chi connectivity index (χ3v) is 6.90. The summed E-state index contributed by atoms with van der Waals surface area (Å²) in [5.74, 6) is 0.373. The number of halogens is 1. The number of carbonyl (C=O) groups excluding carboxylic acids is 2. The predicted molar refractivity (Wildman–Crippen MR) is 143 cm³/mol. The molecule has 11 heteroatoms. The van der Waals surface area contributed by atoms with Gasteiger partial charge < -0.3 is 14.8 Å². The van der Waals surface area contributed by atoms with Crippen molar-refractivity contribution < 1.29 is 19.1 Å². The van der Waals surface area contributed by atoms with Gasteiger partial charge in [0.2, 0.25) is 5.91 Å².